The molecule has 132 valence electrons. The van der Waals surface area contributed by atoms with Gasteiger partial charge in [-0.05, 0) is 0 Å². The van der Waals surface area contributed by atoms with E-state index in [2.05, 4.69) is 9.97 Å². The number of hydrogen-bond donors (Lipinski definition) is 0. The molecule has 6 heteroatoms. The van der Waals surface area contributed by atoms with Crippen LogP contribution in [-0.2, 0) is 6.18 Å². The van der Waals surface area contributed by atoms with Crippen molar-refractivity contribution in [3.63, 3.8) is 0 Å². The summed E-state index contributed by atoms with van der Waals surface area (Å²) in [6.45, 7) is 0. The van der Waals surface area contributed by atoms with Crippen LogP contribution in [0.1, 0.15) is 12.4 Å². The molecule has 2 nitrogen and oxygen atoms in total. The molecule has 0 spiro atoms. The summed E-state index contributed by atoms with van der Waals surface area (Å²) in [6, 6.07) is 7.92. The molecule has 0 fully saturated rings. The number of benzene rings is 3. The topological polar surface area (TPSA) is 25.8 Å². The Bertz CT molecular complexity index is 1550. The van der Waals surface area contributed by atoms with Crippen LogP contribution in [0.4, 0.5) is 13.2 Å². The van der Waals surface area contributed by atoms with Crippen LogP contribution in [0.2, 0.25) is 0 Å². The first-order chi connectivity index (χ1) is 15.1. The van der Waals surface area contributed by atoms with Crippen LogP contribution in [0, 0.1) is 0 Å². The van der Waals surface area contributed by atoms with Gasteiger partial charge in [-0.15, -0.1) is 0 Å². The third-order valence-corrected chi connectivity index (χ3v) is 6.62. The second-order valence-corrected chi connectivity index (χ2v) is 8.16. The van der Waals surface area contributed by atoms with Gasteiger partial charge in [0, 0.05) is 0 Å². The number of alkyl halides is 3. The maximum absolute atomic E-state index is 14.3. The molecule has 0 bridgehead atoms. The molecule has 2 heterocycles. The van der Waals surface area contributed by atoms with Gasteiger partial charge in [-0.3, -0.25) is 0 Å². The molecular weight excluding hydrogens is 416 g/mol. The summed E-state index contributed by atoms with van der Waals surface area (Å²) in [7, 11) is 0. The van der Waals surface area contributed by atoms with E-state index in [-0.39, 0.29) is 31.0 Å². The molecule has 0 aliphatic heterocycles. The molecule has 5 aromatic rings. The second-order valence-electron chi connectivity index (χ2n) is 5.89. The van der Waals surface area contributed by atoms with Gasteiger partial charge >= 0.3 is 165 Å². The molecule has 0 N–H and O–H groups in total. The number of aromatic nitrogens is 2. The fourth-order valence-corrected chi connectivity index (χ4v) is 5.38. The monoisotopic (exact) mass is 433 g/mol. The minimum atomic E-state index is -4.97. The van der Waals surface area contributed by atoms with Crippen LogP contribution in [0.3, 0.4) is 0 Å². The number of nitrogens with zero attached hydrogens (tertiary/aromatic N) is 2. The van der Waals surface area contributed by atoms with Gasteiger partial charge < -0.3 is 0 Å². The normalized spacial score (nSPS) is 14.9. The number of rotatable bonds is 1. The summed E-state index contributed by atoms with van der Waals surface area (Å²) in [6.07, 6.45) is -5.56. The summed E-state index contributed by atoms with van der Waals surface area (Å²) in [4.78, 5) is 7.89. The Hall–Kier alpha value is -2.69. The third kappa shape index (κ3) is 2.64. The summed E-state index contributed by atoms with van der Waals surface area (Å²) < 4.78 is 84.5. The summed E-state index contributed by atoms with van der Waals surface area (Å²) in [5.74, 6) is 0. The van der Waals surface area contributed by atoms with Crippen molar-refractivity contribution in [1.82, 2.24) is 9.97 Å². The van der Waals surface area contributed by atoms with E-state index in [1.54, 1.807) is 0 Å². The second kappa shape index (κ2) is 5.91. The Morgan fingerprint density at radius 1 is 0.926 bits per heavy atom. The molecule has 0 saturated carbocycles. The van der Waals surface area contributed by atoms with Crippen molar-refractivity contribution in [3.05, 3.63) is 72.4 Å². The average Bonchev–Trinajstić information content (AvgIpc) is 3.17. The van der Waals surface area contributed by atoms with Crippen molar-refractivity contribution in [2.45, 2.75) is 6.18 Å². The molecule has 27 heavy (non-hydrogen) atoms. The van der Waals surface area contributed by atoms with Crippen molar-refractivity contribution in [1.29, 1.82) is 0 Å². The molecule has 3 aromatic carbocycles. The van der Waals surface area contributed by atoms with Crippen LogP contribution in [-0.4, -0.2) is 24.5 Å². The molecule has 0 radical (unpaired) electrons. The van der Waals surface area contributed by atoms with E-state index in [9.17, 15) is 13.2 Å². The van der Waals surface area contributed by atoms with E-state index in [4.69, 9.17) is 6.85 Å². The molecule has 0 saturated heterocycles. The SMILES string of the molecule is [2H]c1nc(-c2cc3ccccc3[se]2)c2cc3c([2H])c([2H])c([2H])c([2H])c3c(C(F)(F)F)c2n1. The van der Waals surface area contributed by atoms with Gasteiger partial charge in [-0.1, -0.05) is 0 Å². The van der Waals surface area contributed by atoms with E-state index in [0.717, 1.165) is 9.65 Å². The zero-order valence-electron chi connectivity index (χ0n) is 18.4. The van der Waals surface area contributed by atoms with Gasteiger partial charge in [0.2, 0.25) is 0 Å². The summed E-state index contributed by atoms with van der Waals surface area (Å²) >= 11 is -0.256. The van der Waals surface area contributed by atoms with Crippen LogP contribution in [0.25, 0.3) is 41.5 Å². The Morgan fingerprint density at radius 2 is 1.74 bits per heavy atom. The van der Waals surface area contributed by atoms with Gasteiger partial charge in [0.15, 0.2) is 0 Å². The Labute approximate surface area is 165 Å². The van der Waals surface area contributed by atoms with Crippen LogP contribution in [0.15, 0.2) is 66.9 Å². The molecule has 0 amide bonds. The first-order valence-corrected chi connectivity index (χ1v) is 9.56. The van der Waals surface area contributed by atoms with Crippen molar-refractivity contribution in [2.24, 2.45) is 0 Å². The average molecular weight is 432 g/mol. The van der Waals surface area contributed by atoms with Crippen LogP contribution in [0.5, 0.6) is 0 Å². The number of fused-ring (bicyclic) bond motifs is 3. The first-order valence-electron chi connectivity index (χ1n) is 10.4. The van der Waals surface area contributed by atoms with Gasteiger partial charge in [-0.25, -0.2) is 0 Å². The van der Waals surface area contributed by atoms with Gasteiger partial charge in [0.1, 0.15) is 0 Å². The zero-order valence-corrected chi connectivity index (χ0v) is 15.1. The number of hydrogen-bond acceptors (Lipinski definition) is 2. The summed E-state index contributed by atoms with van der Waals surface area (Å²) in [5, 5.41) is 0.0163. The van der Waals surface area contributed by atoms with E-state index < -0.39 is 53.1 Å². The quantitative estimate of drug-likeness (QED) is 0.252. The fraction of sp³-hybridized carbons (Fsp3) is 0.0476. The molecule has 5 rings (SSSR count). The number of halogens is 3. The molecule has 0 unspecified atom stereocenters. The molecule has 0 aliphatic carbocycles. The Kier molecular flexibility index (Phi) is 2.61. The molecule has 0 aliphatic rings. The van der Waals surface area contributed by atoms with Crippen LogP contribution < -0.4 is 0 Å². The van der Waals surface area contributed by atoms with E-state index >= 15 is 0 Å². The standard InChI is InChI=1S/C21H11F3N2Se/c22-21(23,24)18-14-7-3-1-5-12(14)9-15-19(25-11-26-20(15)18)17-10-13-6-2-4-8-16(13)27-17/h1-11H/i1D,3D,5D,7D,11D. The van der Waals surface area contributed by atoms with Crippen molar-refractivity contribution in [2.75, 3.05) is 0 Å². The van der Waals surface area contributed by atoms with Crippen molar-refractivity contribution in [3.8, 4) is 10.1 Å². The van der Waals surface area contributed by atoms with Crippen LogP contribution >= 0.6 is 0 Å². The Balaban J connectivity index is 2.02. The van der Waals surface area contributed by atoms with E-state index in [0.29, 0.717) is 4.44 Å². The van der Waals surface area contributed by atoms with Gasteiger partial charge in [0.05, 0.1) is 0 Å². The van der Waals surface area contributed by atoms with Crippen molar-refractivity contribution < 1.29 is 20.0 Å². The minimum absolute atomic E-state index is 0.00628. The van der Waals surface area contributed by atoms with Crippen molar-refractivity contribution >= 4 is 45.8 Å². The first kappa shape index (κ1) is 11.9. The molecular formula is C21H11F3N2Se. The Morgan fingerprint density at radius 3 is 2.56 bits per heavy atom. The molecule has 0 atom stereocenters. The summed E-state index contributed by atoms with van der Waals surface area (Å²) in [5.41, 5.74) is -1.65. The van der Waals surface area contributed by atoms with E-state index in [1.807, 2.05) is 30.3 Å². The third-order valence-electron chi connectivity index (χ3n) is 4.27. The predicted octanol–water partition coefficient (Wildman–Crippen LogP) is 5.68. The fourth-order valence-electron chi connectivity index (χ4n) is 3.14. The molecule has 2 aromatic heterocycles. The predicted molar refractivity (Wildman–Crippen MR) is 102 cm³/mol. The maximum atomic E-state index is 14.3. The zero-order chi connectivity index (χ0) is 22.9. The van der Waals surface area contributed by atoms with Gasteiger partial charge in [0.25, 0.3) is 0 Å². The van der Waals surface area contributed by atoms with Gasteiger partial charge in [-0.2, -0.15) is 0 Å². The van der Waals surface area contributed by atoms with E-state index in [1.165, 1.54) is 6.07 Å².